The smallest absolute Gasteiger partial charge is 0.0263 e. The number of halogens is 2. The summed E-state index contributed by atoms with van der Waals surface area (Å²) >= 11 is 11.0. The van der Waals surface area contributed by atoms with E-state index < -0.39 is 0 Å². The van der Waals surface area contributed by atoms with Crippen molar-refractivity contribution in [1.82, 2.24) is 0 Å². The van der Waals surface area contributed by atoms with Crippen LogP contribution in [-0.2, 0) is 0 Å². The third-order valence-corrected chi connectivity index (χ3v) is 1.89. The molecule has 0 nitrogen and oxygen atoms in total. The van der Waals surface area contributed by atoms with Crippen molar-refractivity contribution in [2.24, 2.45) is 5.92 Å². The second-order valence-electron chi connectivity index (χ2n) is 1.58. The highest BCUT2D eigenvalue weighted by Gasteiger charge is 1.99. The topological polar surface area (TPSA) is 0 Å². The average molecular weight is 141 g/mol. The number of hydrogen-bond donors (Lipinski definition) is 0. The van der Waals surface area contributed by atoms with Crippen LogP contribution >= 0.6 is 23.2 Å². The summed E-state index contributed by atoms with van der Waals surface area (Å²) in [4.78, 5) is 0. The molecule has 0 bridgehead atoms. The Morgan fingerprint density at radius 2 is 1.71 bits per heavy atom. The van der Waals surface area contributed by atoms with Crippen molar-refractivity contribution >= 4 is 23.2 Å². The van der Waals surface area contributed by atoms with Crippen molar-refractivity contribution in [3.63, 3.8) is 0 Å². The first-order chi connectivity index (χ1) is 3.35. The van der Waals surface area contributed by atoms with Gasteiger partial charge < -0.3 is 0 Å². The van der Waals surface area contributed by atoms with E-state index in [1.807, 2.05) is 0 Å². The molecule has 0 spiro atoms. The highest BCUT2D eigenvalue weighted by Crippen LogP contribution is 2.05. The lowest BCUT2D eigenvalue weighted by molar-refractivity contribution is 0.640. The summed E-state index contributed by atoms with van der Waals surface area (Å²) in [7, 11) is 0. The molecule has 0 aromatic rings. The van der Waals surface area contributed by atoms with Gasteiger partial charge in [0, 0.05) is 11.8 Å². The minimum absolute atomic E-state index is 0.517. The van der Waals surface area contributed by atoms with E-state index in [1.165, 1.54) is 0 Å². The molecule has 0 aliphatic carbocycles. The second-order valence-corrected chi connectivity index (χ2v) is 2.20. The highest BCUT2D eigenvalue weighted by atomic mass is 35.5. The van der Waals surface area contributed by atoms with E-state index in [-0.39, 0.29) is 0 Å². The van der Waals surface area contributed by atoms with Gasteiger partial charge in [0.25, 0.3) is 0 Å². The molecule has 0 fully saturated rings. The number of alkyl halides is 2. The van der Waals surface area contributed by atoms with Crippen LogP contribution in [0.25, 0.3) is 0 Å². The average Bonchev–Trinajstić information content (AvgIpc) is 1.72. The maximum absolute atomic E-state index is 5.48. The SMILES string of the molecule is CCC(CCl)CCl. The summed E-state index contributed by atoms with van der Waals surface area (Å²) in [6.45, 7) is 2.09. The molecule has 2 heteroatoms. The molecule has 0 N–H and O–H groups in total. The third-order valence-electron chi connectivity index (χ3n) is 1.01. The molecule has 0 saturated heterocycles. The van der Waals surface area contributed by atoms with Crippen LogP contribution in [0.5, 0.6) is 0 Å². The Bertz CT molecular complexity index is 27.6. The fourth-order valence-corrected chi connectivity index (χ4v) is 1.03. The molecule has 0 aromatic heterocycles. The molecule has 0 heterocycles. The minimum atomic E-state index is 0.517. The van der Waals surface area contributed by atoms with E-state index in [9.17, 15) is 0 Å². The number of hydrogen-bond acceptors (Lipinski definition) is 0. The lowest BCUT2D eigenvalue weighted by Gasteiger charge is -2.02. The van der Waals surface area contributed by atoms with E-state index >= 15 is 0 Å². The zero-order valence-electron chi connectivity index (χ0n) is 4.45. The Balaban J connectivity index is 2.99. The van der Waals surface area contributed by atoms with Crippen LogP contribution < -0.4 is 0 Å². The van der Waals surface area contributed by atoms with Crippen LogP contribution in [0.3, 0.4) is 0 Å². The summed E-state index contributed by atoms with van der Waals surface area (Å²) in [6, 6.07) is 0. The van der Waals surface area contributed by atoms with Gasteiger partial charge in [0.1, 0.15) is 0 Å². The van der Waals surface area contributed by atoms with Gasteiger partial charge in [-0.1, -0.05) is 13.3 Å². The Labute approximate surface area is 54.8 Å². The molecule has 0 amide bonds. The predicted octanol–water partition coefficient (Wildman–Crippen LogP) is 2.49. The third kappa shape index (κ3) is 3.19. The number of rotatable bonds is 3. The van der Waals surface area contributed by atoms with Gasteiger partial charge in [0.2, 0.25) is 0 Å². The summed E-state index contributed by atoms with van der Waals surface area (Å²) in [6.07, 6.45) is 1.09. The maximum atomic E-state index is 5.48. The van der Waals surface area contributed by atoms with Gasteiger partial charge in [-0.05, 0) is 5.92 Å². The molecule has 0 unspecified atom stereocenters. The van der Waals surface area contributed by atoms with Crippen molar-refractivity contribution in [2.75, 3.05) is 11.8 Å². The van der Waals surface area contributed by atoms with Gasteiger partial charge in [-0.25, -0.2) is 0 Å². The molecule has 7 heavy (non-hydrogen) atoms. The Morgan fingerprint density at radius 3 is 1.71 bits per heavy atom. The Hall–Kier alpha value is 0.580. The Kier molecular flexibility index (Phi) is 5.12. The molecule has 0 saturated carbocycles. The van der Waals surface area contributed by atoms with Crippen molar-refractivity contribution < 1.29 is 0 Å². The summed E-state index contributed by atoms with van der Waals surface area (Å²) in [5.41, 5.74) is 0. The largest absolute Gasteiger partial charge is 0.126 e. The van der Waals surface area contributed by atoms with Gasteiger partial charge in [-0.3, -0.25) is 0 Å². The minimum Gasteiger partial charge on any atom is -0.126 e. The molecular weight excluding hydrogens is 131 g/mol. The molecule has 0 aliphatic rings. The fraction of sp³-hybridized carbons (Fsp3) is 1.00. The fourth-order valence-electron chi connectivity index (χ4n) is 0.259. The van der Waals surface area contributed by atoms with E-state index in [2.05, 4.69) is 6.92 Å². The summed E-state index contributed by atoms with van der Waals surface area (Å²) in [5, 5.41) is 0. The van der Waals surface area contributed by atoms with E-state index in [0.717, 1.165) is 6.42 Å². The zero-order chi connectivity index (χ0) is 5.70. The second kappa shape index (κ2) is 4.73. The van der Waals surface area contributed by atoms with Crippen molar-refractivity contribution in [3.05, 3.63) is 0 Å². The monoisotopic (exact) mass is 140 g/mol. The molecule has 0 aliphatic heterocycles. The van der Waals surface area contributed by atoms with E-state index in [1.54, 1.807) is 0 Å². The van der Waals surface area contributed by atoms with E-state index in [0.29, 0.717) is 17.7 Å². The van der Waals surface area contributed by atoms with Gasteiger partial charge in [-0.15, -0.1) is 23.2 Å². The van der Waals surface area contributed by atoms with Crippen LogP contribution in [0.4, 0.5) is 0 Å². The summed E-state index contributed by atoms with van der Waals surface area (Å²) < 4.78 is 0. The van der Waals surface area contributed by atoms with Gasteiger partial charge >= 0.3 is 0 Å². The first kappa shape index (κ1) is 7.58. The van der Waals surface area contributed by atoms with Crippen molar-refractivity contribution in [1.29, 1.82) is 0 Å². The first-order valence-electron chi connectivity index (χ1n) is 2.47. The lowest BCUT2D eigenvalue weighted by Crippen LogP contribution is -2.00. The molecule has 44 valence electrons. The molecular formula is C5H10Cl2. The maximum Gasteiger partial charge on any atom is 0.0263 e. The molecule has 0 aromatic carbocycles. The van der Waals surface area contributed by atoms with E-state index in [4.69, 9.17) is 23.2 Å². The quantitative estimate of drug-likeness (QED) is 0.529. The normalized spacial score (nSPS) is 10.3. The van der Waals surface area contributed by atoms with Crippen molar-refractivity contribution in [2.45, 2.75) is 13.3 Å². The first-order valence-corrected chi connectivity index (χ1v) is 3.54. The standard InChI is InChI=1S/C5H10Cl2/c1-2-5(3-6)4-7/h5H,2-4H2,1H3. The van der Waals surface area contributed by atoms with Crippen LogP contribution in [0.2, 0.25) is 0 Å². The van der Waals surface area contributed by atoms with Crippen molar-refractivity contribution in [3.8, 4) is 0 Å². The van der Waals surface area contributed by atoms with Crippen LogP contribution in [0.15, 0.2) is 0 Å². The summed E-state index contributed by atoms with van der Waals surface area (Å²) in [5.74, 6) is 1.91. The van der Waals surface area contributed by atoms with Crippen LogP contribution in [0, 0.1) is 5.92 Å². The highest BCUT2D eigenvalue weighted by molar-refractivity contribution is 6.20. The molecule has 0 atom stereocenters. The Morgan fingerprint density at radius 1 is 1.29 bits per heavy atom. The predicted molar refractivity (Wildman–Crippen MR) is 35.2 cm³/mol. The molecule has 0 rings (SSSR count). The van der Waals surface area contributed by atoms with Crippen LogP contribution in [0.1, 0.15) is 13.3 Å². The van der Waals surface area contributed by atoms with Gasteiger partial charge in [-0.2, -0.15) is 0 Å². The van der Waals surface area contributed by atoms with Crippen LogP contribution in [-0.4, -0.2) is 11.8 Å². The zero-order valence-corrected chi connectivity index (χ0v) is 5.97. The van der Waals surface area contributed by atoms with Gasteiger partial charge in [0.15, 0.2) is 0 Å². The molecule has 0 radical (unpaired) electrons. The lowest BCUT2D eigenvalue weighted by atomic mass is 10.2. The van der Waals surface area contributed by atoms with Gasteiger partial charge in [0.05, 0.1) is 0 Å².